The van der Waals surface area contributed by atoms with Gasteiger partial charge in [0.1, 0.15) is 73.2 Å². The molecule has 0 aliphatic carbocycles. The van der Waals surface area contributed by atoms with Gasteiger partial charge in [-0.15, -0.1) is 0 Å². The van der Waals surface area contributed by atoms with Crippen LogP contribution in [0.1, 0.15) is 316 Å². The van der Waals surface area contributed by atoms with E-state index < -0.39 is 124 Å². The van der Waals surface area contributed by atoms with Crippen molar-refractivity contribution in [3.63, 3.8) is 0 Å². The second-order valence-corrected chi connectivity index (χ2v) is 30.6. The molecule has 0 spiro atoms. The highest BCUT2D eigenvalue weighted by Gasteiger charge is 2.54. The van der Waals surface area contributed by atoms with Crippen LogP contribution in [0.15, 0.2) is 122 Å². The predicted molar refractivity (Wildman–Crippen MR) is 443 cm³/mol. The Bertz CT molecular complexity index is 2460. The fraction of sp³-hybridized carbons (Fsp3) is 0.769. The third-order valence-corrected chi connectivity index (χ3v) is 21.0. The van der Waals surface area contributed by atoms with Crippen molar-refractivity contribution in [3.05, 3.63) is 122 Å². The number of allylic oxidation sites excluding steroid dienone is 19. The summed E-state index contributed by atoms with van der Waals surface area (Å²) in [5.74, 6) is -0.296. The van der Waals surface area contributed by atoms with Crippen LogP contribution in [0, 0.1) is 0 Å². The fourth-order valence-electron chi connectivity index (χ4n) is 14.1. The van der Waals surface area contributed by atoms with Gasteiger partial charge < -0.3 is 89.9 Å². The quantitative estimate of drug-likeness (QED) is 0.0199. The molecule has 17 atom stereocenters. The van der Waals surface area contributed by atoms with Gasteiger partial charge in [-0.05, 0) is 96.3 Å². The summed E-state index contributed by atoms with van der Waals surface area (Å²) < 4.78 is 34.5. The summed E-state index contributed by atoms with van der Waals surface area (Å²) in [5, 5.41) is 121. The van der Waals surface area contributed by atoms with Crippen LogP contribution < -0.4 is 5.32 Å². The summed E-state index contributed by atoms with van der Waals surface area (Å²) in [4.78, 5) is 13.5. The molecule has 0 aromatic heterocycles. The zero-order valence-corrected chi connectivity index (χ0v) is 68.2. The molecule has 3 saturated heterocycles. The van der Waals surface area contributed by atoms with Crippen LogP contribution in [0.4, 0.5) is 0 Å². The Hall–Kier alpha value is -3.81. The molecule has 17 unspecified atom stereocenters. The van der Waals surface area contributed by atoms with Gasteiger partial charge >= 0.3 is 0 Å². The highest BCUT2D eigenvalue weighted by Crippen LogP contribution is 2.33. The molecule has 1 amide bonds. The number of amides is 1. The Morgan fingerprint density at radius 2 is 0.636 bits per heavy atom. The number of aliphatic hydroxyl groups is 11. The number of rotatable bonds is 69. The van der Waals surface area contributed by atoms with E-state index in [9.17, 15) is 61.0 Å². The Morgan fingerprint density at radius 1 is 0.336 bits per heavy atom. The minimum absolute atomic E-state index is 0.218. The first-order valence-electron chi connectivity index (χ1n) is 43.8. The maximum absolute atomic E-state index is 13.5. The lowest BCUT2D eigenvalue weighted by molar-refractivity contribution is -0.379. The number of hydrogen-bond acceptors (Lipinski definition) is 18. The molecule has 0 bridgehead atoms. The van der Waals surface area contributed by atoms with Crippen LogP contribution in [-0.4, -0.2) is 193 Å². The van der Waals surface area contributed by atoms with Crippen molar-refractivity contribution in [1.82, 2.24) is 5.32 Å². The third kappa shape index (κ3) is 47.9. The number of hydrogen-bond donors (Lipinski definition) is 12. The van der Waals surface area contributed by atoms with Gasteiger partial charge in [-0.2, -0.15) is 0 Å². The maximum Gasteiger partial charge on any atom is 0.220 e. The van der Waals surface area contributed by atoms with Gasteiger partial charge in [0.15, 0.2) is 18.9 Å². The van der Waals surface area contributed by atoms with Crippen molar-refractivity contribution in [2.24, 2.45) is 0 Å². The molecular weight excluding hydrogens is 1390 g/mol. The molecule has 634 valence electrons. The topological polar surface area (TPSA) is 307 Å². The van der Waals surface area contributed by atoms with Crippen molar-refractivity contribution < 1.29 is 89.4 Å². The Kier molecular flexibility index (Phi) is 63.4. The molecule has 0 radical (unpaired) electrons. The average Bonchev–Trinajstić information content (AvgIpc) is 0.780. The second-order valence-electron chi connectivity index (χ2n) is 30.6. The van der Waals surface area contributed by atoms with E-state index in [0.717, 1.165) is 116 Å². The van der Waals surface area contributed by atoms with Crippen LogP contribution >= 0.6 is 0 Å². The zero-order chi connectivity index (χ0) is 79.5. The predicted octanol–water partition coefficient (Wildman–Crippen LogP) is 16.2. The van der Waals surface area contributed by atoms with Gasteiger partial charge in [-0.25, -0.2) is 0 Å². The van der Waals surface area contributed by atoms with Crippen LogP contribution in [0.25, 0.3) is 0 Å². The zero-order valence-electron chi connectivity index (χ0n) is 68.2. The first-order valence-corrected chi connectivity index (χ1v) is 43.8. The largest absolute Gasteiger partial charge is 0.394 e. The molecule has 0 saturated carbocycles. The molecule has 12 N–H and O–H groups in total. The minimum atomic E-state index is -1.99. The van der Waals surface area contributed by atoms with Gasteiger partial charge in [0.2, 0.25) is 5.91 Å². The Balaban J connectivity index is 1.37. The second kappa shape index (κ2) is 69.5. The number of aliphatic hydroxyl groups excluding tert-OH is 11. The highest BCUT2D eigenvalue weighted by molar-refractivity contribution is 5.76. The van der Waals surface area contributed by atoms with Crippen LogP contribution in [0.5, 0.6) is 0 Å². The molecule has 0 aromatic rings. The van der Waals surface area contributed by atoms with Crippen molar-refractivity contribution >= 4 is 5.91 Å². The summed E-state index contributed by atoms with van der Waals surface area (Å²) in [5.41, 5.74) is 0. The van der Waals surface area contributed by atoms with Gasteiger partial charge in [0.05, 0.1) is 38.6 Å². The van der Waals surface area contributed by atoms with E-state index in [4.69, 9.17) is 28.4 Å². The first-order chi connectivity index (χ1) is 53.8. The smallest absolute Gasteiger partial charge is 0.220 e. The first kappa shape index (κ1) is 100. The SMILES string of the molecule is CC/C=C\C/C=C\C/C=C\C/C=C\C/C=C\C/C=C\C/C=C\C/C=C\CCCCCCCCCCC(=O)NC(COC1OC(CO)C(OC2OC(CO)C(OC3OC(CO)C(O)C(O)C3O)C(O)C2O)C(O)C1O)C(O)/C=C/CC/C=C/CCCCCCCCCCCCCCCCCCCCCCCCCCCC. The summed E-state index contributed by atoms with van der Waals surface area (Å²) >= 11 is 0. The molecule has 3 aliphatic rings. The van der Waals surface area contributed by atoms with E-state index in [-0.39, 0.29) is 18.9 Å². The lowest BCUT2D eigenvalue weighted by Gasteiger charge is -2.48. The van der Waals surface area contributed by atoms with Crippen molar-refractivity contribution in [2.45, 2.75) is 420 Å². The standard InChI is InChI=1S/C91H157NO18/c1-3-5-7-9-11-13-15-17-19-21-23-25-27-29-31-33-35-37-39-41-43-45-47-49-51-53-55-57-59-61-63-65-67-69-79(97)92-74(75(96)68-66-64-62-60-58-56-54-52-50-48-46-44-42-40-38-36-34-32-30-28-26-24-22-20-18-16-14-12-10-8-6-4-2)73-105-89-85(103)82(100)87(77(71-94)107-89)110-91-86(104)83(101)88(78(72-95)108-91)109-90-84(102)81(99)80(98)76(70-93)106-90/h5,7,11,13,17,19,23,25,29,31,35,37,41,43,47,49,58,60,66,68,74-78,80-91,93-96,98-104H,3-4,6,8-10,12,14-16,18,20-22,24,26-28,30,32-34,36,38-40,42,44-46,48,50-57,59,61-65,67,69-73H2,1-2H3,(H,92,97)/b7-5-,13-11-,19-17-,25-23-,31-29-,37-35-,43-41-,49-47-,60-58+,68-66+. The summed E-state index contributed by atoms with van der Waals surface area (Å²) in [7, 11) is 0. The fourth-order valence-corrected chi connectivity index (χ4v) is 14.1. The van der Waals surface area contributed by atoms with E-state index in [1.54, 1.807) is 6.08 Å². The van der Waals surface area contributed by atoms with E-state index in [1.165, 1.54) is 167 Å². The number of unbranched alkanes of at least 4 members (excludes halogenated alkanes) is 35. The number of carbonyl (C=O) groups is 1. The summed E-state index contributed by atoms with van der Waals surface area (Å²) in [6, 6.07) is -1.01. The van der Waals surface area contributed by atoms with Gasteiger partial charge in [0.25, 0.3) is 0 Å². The number of carbonyl (C=O) groups excluding carboxylic acids is 1. The van der Waals surface area contributed by atoms with E-state index in [1.807, 2.05) is 6.08 Å². The van der Waals surface area contributed by atoms with Crippen molar-refractivity contribution in [3.8, 4) is 0 Å². The molecule has 3 heterocycles. The highest BCUT2D eigenvalue weighted by atomic mass is 16.8. The normalized spacial score (nSPS) is 25.8. The molecule has 19 nitrogen and oxygen atoms in total. The van der Waals surface area contributed by atoms with Gasteiger partial charge in [-0.3, -0.25) is 4.79 Å². The Labute approximate surface area is 665 Å². The molecule has 3 fully saturated rings. The van der Waals surface area contributed by atoms with Crippen LogP contribution in [0.2, 0.25) is 0 Å². The van der Waals surface area contributed by atoms with Crippen molar-refractivity contribution in [2.75, 3.05) is 26.4 Å². The van der Waals surface area contributed by atoms with Gasteiger partial charge in [0, 0.05) is 6.42 Å². The molecule has 3 aliphatic heterocycles. The monoisotopic (exact) mass is 1550 g/mol. The third-order valence-electron chi connectivity index (χ3n) is 21.0. The maximum atomic E-state index is 13.5. The van der Waals surface area contributed by atoms with Gasteiger partial charge in [-0.1, -0.05) is 334 Å². The van der Waals surface area contributed by atoms with Crippen LogP contribution in [0.3, 0.4) is 0 Å². The molecule has 110 heavy (non-hydrogen) atoms. The summed E-state index contributed by atoms with van der Waals surface area (Å²) in [6.07, 6.45) is 71.9. The summed E-state index contributed by atoms with van der Waals surface area (Å²) in [6.45, 7) is 1.62. The lowest BCUT2D eigenvalue weighted by Crippen LogP contribution is -2.66. The minimum Gasteiger partial charge on any atom is -0.394 e. The molecular formula is C91H157NO18. The lowest BCUT2D eigenvalue weighted by atomic mass is 9.96. The molecule has 3 rings (SSSR count). The number of nitrogens with one attached hydrogen (secondary N) is 1. The van der Waals surface area contributed by atoms with Crippen LogP contribution in [-0.2, 0) is 33.2 Å². The molecule has 19 heteroatoms. The Morgan fingerprint density at radius 3 is 1.02 bits per heavy atom. The average molecular weight is 1550 g/mol. The van der Waals surface area contributed by atoms with E-state index in [2.05, 4.69) is 129 Å². The van der Waals surface area contributed by atoms with E-state index in [0.29, 0.717) is 12.8 Å². The van der Waals surface area contributed by atoms with E-state index >= 15 is 0 Å². The number of ether oxygens (including phenoxy) is 6. The van der Waals surface area contributed by atoms with Crippen molar-refractivity contribution in [1.29, 1.82) is 0 Å². The molecule has 0 aromatic carbocycles.